The van der Waals surface area contributed by atoms with Crippen LogP contribution in [-0.2, 0) is 10.0 Å². The third-order valence-electron chi connectivity index (χ3n) is 4.98. The van der Waals surface area contributed by atoms with Gasteiger partial charge in [-0.2, -0.15) is 0 Å². The third-order valence-corrected chi connectivity index (χ3v) is 6.80. The van der Waals surface area contributed by atoms with Crippen LogP contribution in [0.15, 0.2) is 53.6 Å². The second-order valence-electron chi connectivity index (χ2n) is 6.56. The Hall–Kier alpha value is -2.94. The number of hydrogen-bond donors (Lipinski definition) is 0. The normalized spacial score (nSPS) is 15.8. The average Bonchev–Trinajstić information content (AvgIpc) is 3.20. The van der Waals surface area contributed by atoms with Gasteiger partial charge in [0.1, 0.15) is 11.4 Å². The predicted molar refractivity (Wildman–Crippen MR) is 101 cm³/mol. The van der Waals surface area contributed by atoms with E-state index >= 15 is 0 Å². The van der Waals surface area contributed by atoms with Gasteiger partial charge in [-0.25, -0.2) is 21.6 Å². The lowest BCUT2D eigenvalue weighted by Gasteiger charge is -2.38. The lowest BCUT2D eigenvalue weighted by Crippen LogP contribution is -2.39. The molecular weight excluding hydrogens is 405 g/mol. The molecule has 3 aromatic rings. The number of hydrogen-bond acceptors (Lipinski definition) is 3. The minimum Gasteiger partial charge on any atom is -0.497 e. The maximum Gasteiger partial charge on any atom is 0.265 e. The monoisotopic (exact) mass is 422 g/mol. The first-order chi connectivity index (χ1) is 13.8. The summed E-state index contributed by atoms with van der Waals surface area (Å²) >= 11 is 0. The highest BCUT2D eigenvalue weighted by molar-refractivity contribution is 7.92. The van der Waals surface area contributed by atoms with Crippen LogP contribution in [0.1, 0.15) is 25.1 Å². The van der Waals surface area contributed by atoms with E-state index in [9.17, 15) is 21.6 Å². The molecule has 0 bridgehead atoms. The van der Waals surface area contributed by atoms with Gasteiger partial charge in [0.15, 0.2) is 17.5 Å². The smallest absolute Gasteiger partial charge is 0.265 e. The SMILES string of the molecule is CCC1c2cccn2-c2c(cc(F)c(F)c2F)N1S(=O)(=O)c1cccc(OC)c1. The molecule has 0 radical (unpaired) electrons. The molecule has 1 atom stereocenters. The first kappa shape index (κ1) is 19.4. The maximum atomic E-state index is 14.7. The van der Waals surface area contributed by atoms with Crippen molar-refractivity contribution in [2.45, 2.75) is 24.3 Å². The van der Waals surface area contributed by atoms with Crippen molar-refractivity contribution in [1.82, 2.24) is 4.57 Å². The largest absolute Gasteiger partial charge is 0.497 e. The van der Waals surface area contributed by atoms with Crippen LogP contribution in [0, 0.1) is 17.5 Å². The molecule has 5 nitrogen and oxygen atoms in total. The summed E-state index contributed by atoms with van der Waals surface area (Å²) < 4.78 is 77.4. The maximum absolute atomic E-state index is 14.7. The van der Waals surface area contributed by atoms with E-state index < -0.39 is 33.5 Å². The van der Waals surface area contributed by atoms with Crippen molar-refractivity contribution < 1.29 is 26.3 Å². The topological polar surface area (TPSA) is 51.5 Å². The van der Waals surface area contributed by atoms with Crippen LogP contribution in [-0.4, -0.2) is 20.1 Å². The van der Waals surface area contributed by atoms with Crippen LogP contribution in [0.5, 0.6) is 5.75 Å². The van der Waals surface area contributed by atoms with Gasteiger partial charge in [0.25, 0.3) is 10.0 Å². The van der Waals surface area contributed by atoms with Crippen LogP contribution in [0.3, 0.4) is 0 Å². The molecule has 0 amide bonds. The van der Waals surface area contributed by atoms with Gasteiger partial charge >= 0.3 is 0 Å². The zero-order valence-electron chi connectivity index (χ0n) is 15.6. The molecule has 1 unspecified atom stereocenters. The minimum absolute atomic E-state index is 0.105. The molecule has 1 aromatic heterocycles. The molecular formula is C20H17F3N2O3S. The van der Waals surface area contributed by atoms with Crippen molar-refractivity contribution >= 4 is 15.7 Å². The van der Waals surface area contributed by atoms with Crippen molar-refractivity contribution in [2.24, 2.45) is 0 Å². The fraction of sp³-hybridized carbons (Fsp3) is 0.200. The second kappa shape index (κ2) is 6.84. The van der Waals surface area contributed by atoms with Gasteiger partial charge in [-0.1, -0.05) is 13.0 Å². The summed E-state index contributed by atoms with van der Waals surface area (Å²) in [4.78, 5) is -0.105. The Kier molecular flexibility index (Phi) is 4.57. The molecule has 2 aromatic carbocycles. The Labute approximate surface area is 166 Å². The summed E-state index contributed by atoms with van der Waals surface area (Å²) in [5, 5.41) is 0. The van der Waals surface area contributed by atoms with E-state index in [2.05, 4.69) is 0 Å². The van der Waals surface area contributed by atoms with Gasteiger partial charge < -0.3 is 9.30 Å². The first-order valence-electron chi connectivity index (χ1n) is 8.84. The Bertz CT molecular complexity index is 1210. The van der Waals surface area contributed by atoms with E-state index in [1.165, 1.54) is 36.1 Å². The highest BCUT2D eigenvalue weighted by atomic mass is 32.2. The van der Waals surface area contributed by atoms with Crippen molar-refractivity contribution in [2.75, 3.05) is 11.4 Å². The highest BCUT2D eigenvalue weighted by Crippen LogP contribution is 2.45. The van der Waals surface area contributed by atoms with Crippen LogP contribution in [0.25, 0.3) is 5.69 Å². The molecule has 152 valence electrons. The van der Waals surface area contributed by atoms with E-state index in [0.29, 0.717) is 17.9 Å². The number of nitrogens with zero attached hydrogens (tertiary/aromatic N) is 2. The number of sulfonamides is 1. The summed E-state index contributed by atoms with van der Waals surface area (Å²) in [6, 6.07) is 9.00. The van der Waals surface area contributed by atoms with Gasteiger partial charge in [-0.3, -0.25) is 4.31 Å². The standard InChI is InChI=1S/C20H17F3N2O3S/c1-3-15-16-8-5-9-24(16)20-17(11-14(21)18(22)19(20)23)25(15)29(26,27)13-7-4-6-12(10-13)28-2/h4-11,15H,3H2,1-2H3. The molecule has 9 heteroatoms. The van der Waals surface area contributed by atoms with Gasteiger partial charge in [-0.05, 0) is 30.7 Å². The van der Waals surface area contributed by atoms with Crippen molar-refractivity contribution in [3.8, 4) is 11.4 Å². The summed E-state index contributed by atoms with van der Waals surface area (Å²) in [7, 11) is -2.85. The van der Waals surface area contributed by atoms with E-state index in [1.807, 2.05) is 0 Å². The molecule has 1 aliphatic rings. The number of methoxy groups -OCH3 is 1. The van der Waals surface area contributed by atoms with Crippen LogP contribution < -0.4 is 9.04 Å². The first-order valence-corrected chi connectivity index (χ1v) is 10.3. The number of anilines is 1. The number of benzene rings is 2. The fourth-order valence-corrected chi connectivity index (χ4v) is 5.41. The highest BCUT2D eigenvalue weighted by Gasteiger charge is 2.41. The van der Waals surface area contributed by atoms with Gasteiger partial charge in [0.05, 0.1) is 23.7 Å². The molecule has 0 saturated carbocycles. The lowest BCUT2D eigenvalue weighted by molar-refractivity contribution is 0.413. The Morgan fingerprint density at radius 1 is 1.07 bits per heavy atom. The molecule has 2 heterocycles. The zero-order chi connectivity index (χ0) is 20.9. The molecule has 0 saturated heterocycles. The fourth-order valence-electron chi connectivity index (χ4n) is 3.67. The predicted octanol–water partition coefficient (Wildman–Crippen LogP) is 4.56. The molecule has 0 fully saturated rings. The summed E-state index contributed by atoms with van der Waals surface area (Å²) in [6.45, 7) is 1.76. The molecule has 4 rings (SSSR count). The zero-order valence-corrected chi connectivity index (χ0v) is 16.4. The number of halogens is 3. The van der Waals surface area contributed by atoms with Crippen molar-refractivity contribution in [1.29, 1.82) is 0 Å². The van der Waals surface area contributed by atoms with Crippen molar-refractivity contribution in [3.63, 3.8) is 0 Å². The van der Waals surface area contributed by atoms with Crippen LogP contribution in [0.2, 0.25) is 0 Å². The number of ether oxygens (including phenoxy) is 1. The average molecular weight is 422 g/mol. The number of fused-ring (bicyclic) bond motifs is 3. The summed E-state index contributed by atoms with van der Waals surface area (Å²) in [5.41, 5.74) is -0.156. The second-order valence-corrected chi connectivity index (χ2v) is 8.38. The van der Waals surface area contributed by atoms with E-state index in [1.54, 1.807) is 25.1 Å². The molecule has 0 spiro atoms. The Morgan fingerprint density at radius 2 is 1.83 bits per heavy atom. The minimum atomic E-state index is -4.25. The summed E-state index contributed by atoms with van der Waals surface area (Å²) in [5.74, 6) is -4.25. The Morgan fingerprint density at radius 3 is 2.52 bits per heavy atom. The summed E-state index contributed by atoms with van der Waals surface area (Å²) in [6.07, 6.45) is 1.82. The molecule has 0 aliphatic carbocycles. The molecule has 1 aliphatic heterocycles. The van der Waals surface area contributed by atoms with E-state index in [0.717, 1.165) is 10.4 Å². The lowest BCUT2D eigenvalue weighted by atomic mass is 10.1. The Balaban J connectivity index is 2.03. The number of aromatic nitrogens is 1. The molecule has 0 N–H and O–H groups in total. The van der Waals surface area contributed by atoms with Gasteiger partial charge in [0, 0.05) is 24.0 Å². The third kappa shape index (κ3) is 2.79. The van der Waals surface area contributed by atoms with E-state index in [4.69, 9.17) is 4.74 Å². The van der Waals surface area contributed by atoms with E-state index in [-0.39, 0.29) is 16.3 Å². The van der Waals surface area contributed by atoms with Crippen molar-refractivity contribution in [3.05, 3.63) is 71.8 Å². The quantitative estimate of drug-likeness (QED) is 0.579. The number of rotatable bonds is 4. The van der Waals surface area contributed by atoms with Crippen LogP contribution in [0.4, 0.5) is 18.9 Å². The van der Waals surface area contributed by atoms with Gasteiger partial charge in [0.2, 0.25) is 0 Å². The van der Waals surface area contributed by atoms with Crippen LogP contribution >= 0.6 is 0 Å². The molecule has 29 heavy (non-hydrogen) atoms. The van der Waals surface area contributed by atoms with Gasteiger partial charge in [-0.15, -0.1) is 0 Å².